The highest BCUT2D eigenvalue weighted by Gasteiger charge is 2.62. The molecule has 1 aromatic carbocycles. The maximum absolute atomic E-state index is 14.0. The van der Waals surface area contributed by atoms with Crippen LogP contribution in [0.1, 0.15) is 25.3 Å². The second-order valence-electron chi connectivity index (χ2n) is 8.62. The van der Waals surface area contributed by atoms with Gasteiger partial charge in [0.1, 0.15) is 23.9 Å². The number of para-hydroxylation sites is 1. The third-order valence-corrected chi connectivity index (χ3v) is 6.69. The summed E-state index contributed by atoms with van der Waals surface area (Å²) in [6.45, 7) is 2.57. The van der Waals surface area contributed by atoms with Gasteiger partial charge in [-0.25, -0.2) is 0 Å². The Bertz CT molecular complexity index is 1120. The first-order valence-electron chi connectivity index (χ1n) is 10.9. The number of hydrogen-bond donors (Lipinski definition) is 1. The van der Waals surface area contributed by atoms with Crippen LogP contribution < -0.4 is 4.74 Å². The summed E-state index contributed by atoms with van der Waals surface area (Å²) < 4.78 is 21.7. The van der Waals surface area contributed by atoms with Gasteiger partial charge in [-0.05, 0) is 19.9 Å². The molecule has 0 bridgehead atoms. The number of allylic oxidation sites excluding steroid dienone is 1. The molecule has 2 unspecified atom stereocenters. The first-order valence-corrected chi connectivity index (χ1v) is 10.9. The van der Waals surface area contributed by atoms with E-state index in [1.807, 2.05) is 0 Å². The maximum atomic E-state index is 14.0. The Kier molecular flexibility index (Phi) is 6.62. The van der Waals surface area contributed by atoms with Gasteiger partial charge in [-0.3, -0.25) is 14.6 Å². The Labute approximate surface area is 200 Å². The fourth-order valence-corrected chi connectivity index (χ4v) is 5.15. The fraction of sp³-hybridized carbons (Fsp3) is 0.522. The topological polar surface area (TPSA) is 156 Å². The molecule has 35 heavy (non-hydrogen) atoms. The van der Waals surface area contributed by atoms with Crippen molar-refractivity contribution < 1.29 is 43.6 Å². The van der Waals surface area contributed by atoms with Crippen molar-refractivity contribution in [1.29, 1.82) is 0 Å². The first kappa shape index (κ1) is 24.8. The van der Waals surface area contributed by atoms with Crippen molar-refractivity contribution in [2.24, 2.45) is 10.9 Å². The molecule has 188 valence electrons. The summed E-state index contributed by atoms with van der Waals surface area (Å²) in [7, 11) is 2.71. The zero-order valence-corrected chi connectivity index (χ0v) is 19.6. The molecule has 0 radical (unpaired) electrons. The minimum absolute atomic E-state index is 0.0736. The van der Waals surface area contributed by atoms with Crippen molar-refractivity contribution in [2.75, 3.05) is 27.4 Å². The second kappa shape index (κ2) is 9.36. The molecule has 0 amide bonds. The summed E-state index contributed by atoms with van der Waals surface area (Å²) >= 11 is 0. The molecule has 0 aliphatic carbocycles. The molecular weight excluding hydrogens is 464 g/mol. The molecular formula is C23H26N2O10. The van der Waals surface area contributed by atoms with E-state index in [0.717, 1.165) is 0 Å². The molecule has 2 fully saturated rings. The highest BCUT2D eigenvalue weighted by molar-refractivity contribution is 6.11. The summed E-state index contributed by atoms with van der Waals surface area (Å²) in [5.41, 5.74) is -0.840. The predicted octanol–water partition coefficient (Wildman–Crippen LogP) is 0.991. The SMILES string of the molecule is COC(=O)C1C(C)=NC(C)=C(C(=O)[C@]2(O)CO[C@@H]3[C@H](O[N+](=O)[O-])CO[C@@H]32)C1c1ccccc1OC. The Morgan fingerprint density at radius 2 is 1.94 bits per heavy atom. The molecule has 0 saturated carbocycles. The average molecular weight is 490 g/mol. The lowest BCUT2D eigenvalue weighted by molar-refractivity contribution is -0.769. The molecule has 0 aromatic heterocycles. The highest BCUT2D eigenvalue weighted by Crippen LogP contribution is 2.46. The standard InChI is InChI=1S/C23H26N2O10/c1-11-16(20(26)23(28)10-34-19-15(35-25(29)30)9-33-21(19)23)18(13-7-5-6-8-14(13)31-3)17(12(2)24-11)22(27)32-4/h5-8,15,17-19,21,28H,9-10H2,1-4H3/t15-,17?,18?,19-,21+,23-/m1/s1. The number of esters is 1. The van der Waals surface area contributed by atoms with Gasteiger partial charge in [0.05, 0.1) is 27.4 Å². The number of carbonyl (C=O) groups excluding carboxylic acids is 2. The minimum Gasteiger partial charge on any atom is -0.496 e. The van der Waals surface area contributed by atoms with E-state index in [4.69, 9.17) is 18.9 Å². The van der Waals surface area contributed by atoms with Gasteiger partial charge in [0.2, 0.25) is 0 Å². The lowest BCUT2D eigenvalue weighted by Crippen LogP contribution is -2.53. The van der Waals surface area contributed by atoms with Gasteiger partial charge in [-0.2, -0.15) is 0 Å². The Morgan fingerprint density at radius 1 is 1.23 bits per heavy atom. The molecule has 12 nitrogen and oxygen atoms in total. The average Bonchev–Trinajstić information content (AvgIpc) is 3.39. The summed E-state index contributed by atoms with van der Waals surface area (Å²) in [4.78, 5) is 46.8. The molecule has 3 aliphatic rings. The van der Waals surface area contributed by atoms with Gasteiger partial charge >= 0.3 is 5.97 Å². The van der Waals surface area contributed by atoms with E-state index in [1.165, 1.54) is 14.2 Å². The highest BCUT2D eigenvalue weighted by atomic mass is 17.0. The largest absolute Gasteiger partial charge is 0.496 e. The Balaban J connectivity index is 1.80. The van der Waals surface area contributed by atoms with E-state index in [9.17, 15) is 24.8 Å². The number of rotatable bonds is 7. The summed E-state index contributed by atoms with van der Waals surface area (Å²) in [5, 5.41) is 21.4. The number of aliphatic hydroxyl groups is 1. The number of benzene rings is 1. The lowest BCUT2D eigenvalue weighted by Gasteiger charge is -2.35. The molecule has 6 atom stereocenters. The number of Topliss-reactive ketones (excluding diaryl/α,β-unsaturated/α-hetero) is 1. The van der Waals surface area contributed by atoms with E-state index in [2.05, 4.69) is 9.83 Å². The molecule has 3 heterocycles. The zero-order chi connectivity index (χ0) is 25.5. The van der Waals surface area contributed by atoms with E-state index < -0.39 is 59.2 Å². The van der Waals surface area contributed by atoms with Crippen molar-refractivity contribution in [3.63, 3.8) is 0 Å². The number of ether oxygens (including phenoxy) is 4. The van der Waals surface area contributed by atoms with Gasteiger partial charge in [0.25, 0.3) is 5.09 Å². The van der Waals surface area contributed by atoms with Gasteiger partial charge in [0, 0.05) is 28.5 Å². The zero-order valence-electron chi connectivity index (χ0n) is 19.6. The summed E-state index contributed by atoms with van der Waals surface area (Å²) in [5.74, 6) is -2.78. The van der Waals surface area contributed by atoms with E-state index in [0.29, 0.717) is 22.7 Å². The number of methoxy groups -OCH3 is 2. The van der Waals surface area contributed by atoms with Crippen molar-refractivity contribution >= 4 is 17.5 Å². The second-order valence-corrected chi connectivity index (χ2v) is 8.62. The number of aliphatic imine (C=N–C) groups is 1. The third-order valence-electron chi connectivity index (χ3n) is 6.69. The van der Waals surface area contributed by atoms with Crippen LogP contribution in [-0.2, 0) is 28.6 Å². The number of ketones is 1. The van der Waals surface area contributed by atoms with E-state index in [1.54, 1.807) is 38.1 Å². The third kappa shape index (κ3) is 4.07. The summed E-state index contributed by atoms with van der Waals surface area (Å²) in [6.07, 6.45) is -3.32. The first-order chi connectivity index (χ1) is 16.6. The van der Waals surface area contributed by atoms with Crippen LogP contribution in [0.4, 0.5) is 0 Å². The minimum atomic E-state index is -2.18. The van der Waals surface area contributed by atoms with Gasteiger partial charge < -0.3 is 28.9 Å². The van der Waals surface area contributed by atoms with Gasteiger partial charge in [0.15, 0.2) is 17.5 Å². The number of hydrogen-bond acceptors (Lipinski definition) is 11. The fourth-order valence-electron chi connectivity index (χ4n) is 5.15. The maximum Gasteiger partial charge on any atom is 0.315 e. The number of carbonyl (C=O) groups is 2. The number of fused-ring (bicyclic) bond motifs is 1. The molecule has 12 heteroatoms. The van der Waals surface area contributed by atoms with Crippen molar-refractivity contribution in [3.8, 4) is 5.75 Å². The Morgan fingerprint density at radius 3 is 2.60 bits per heavy atom. The molecule has 1 aromatic rings. The van der Waals surface area contributed by atoms with Gasteiger partial charge in [-0.15, -0.1) is 10.1 Å². The van der Waals surface area contributed by atoms with E-state index >= 15 is 0 Å². The van der Waals surface area contributed by atoms with E-state index in [-0.39, 0.29) is 12.2 Å². The molecule has 1 N–H and O–H groups in total. The van der Waals surface area contributed by atoms with Crippen LogP contribution in [0.25, 0.3) is 0 Å². The van der Waals surface area contributed by atoms with Crippen LogP contribution in [0.2, 0.25) is 0 Å². The lowest BCUT2D eigenvalue weighted by atomic mass is 9.71. The van der Waals surface area contributed by atoms with Crippen LogP contribution in [0, 0.1) is 16.0 Å². The van der Waals surface area contributed by atoms with Crippen LogP contribution in [0.3, 0.4) is 0 Å². The van der Waals surface area contributed by atoms with Crippen molar-refractivity contribution in [3.05, 3.63) is 51.2 Å². The van der Waals surface area contributed by atoms with Crippen LogP contribution in [0.5, 0.6) is 5.75 Å². The smallest absolute Gasteiger partial charge is 0.315 e. The molecule has 4 rings (SSSR count). The monoisotopic (exact) mass is 490 g/mol. The molecule has 0 spiro atoms. The van der Waals surface area contributed by atoms with Crippen LogP contribution >= 0.6 is 0 Å². The predicted molar refractivity (Wildman–Crippen MR) is 118 cm³/mol. The van der Waals surface area contributed by atoms with Crippen LogP contribution in [0.15, 0.2) is 40.5 Å². The number of nitrogens with zero attached hydrogens (tertiary/aromatic N) is 2. The molecule has 2 saturated heterocycles. The normalized spacial score (nSPS) is 32.0. The summed E-state index contributed by atoms with van der Waals surface area (Å²) in [6, 6.07) is 6.92. The van der Waals surface area contributed by atoms with Crippen molar-refractivity contribution in [2.45, 2.75) is 43.7 Å². The Hall–Kier alpha value is -3.35. The van der Waals surface area contributed by atoms with Crippen molar-refractivity contribution in [1.82, 2.24) is 0 Å². The van der Waals surface area contributed by atoms with Crippen LogP contribution in [-0.4, -0.2) is 79.0 Å². The molecule has 3 aliphatic heterocycles. The van der Waals surface area contributed by atoms with Gasteiger partial charge in [-0.1, -0.05) is 18.2 Å². The quantitative estimate of drug-likeness (QED) is 0.332.